The number of carbonyl (C=O) groups is 1. The number of hydrogen-bond acceptors (Lipinski definition) is 5. The average Bonchev–Trinajstić information content (AvgIpc) is 3.26. The summed E-state index contributed by atoms with van der Waals surface area (Å²) >= 11 is 1.43. The van der Waals surface area contributed by atoms with E-state index in [2.05, 4.69) is 29.7 Å². The third kappa shape index (κ3) is 4.02. The molecule has 0 aliphatic carbocycles. The summed E-state index contributed by atoms with van der Waals surface area (Å²) in [6, 6.07) is 19.8. The Morgan fingerprint density at radius 2 is 1.79 bits per heavy atom. The van der Waals surface area contributed by atoms with Crippen LogP contribution in [0.1, 0.15) is 15.2 Å². The molecule has 2 N–H and O–H groups in total. The fourth-order valence-corrected chi connectivity index (χ4v) is 3.53. The van der Waals surface area contributed by atoms with Gasteiger partial charge in [-0.1, -0.05) is 48.0 Å². The Hall–Kier alpha value is -3.25. The molecule has 4 rings (SSSR count). The first-order valence-electron chi connectivity index (χ1n) is 9.10. The minimum absolute atomic E-state index is 0.0512. The van der Waals surface area contributed by atoms with E-state index in [1.54, 1.807) is 0 Å². The van der Waals surface area contributed by atoms with Crippen LogP contribution in [0.4, 0.5) is 5.82 Å². The molecule has 4 aromatic rings. The molecule has 0 atom stereocenters. The standard InChI is InChI=1S/C22H20N4OS/c1-15-8-10-16(11-9-15)20-25-18-6-3-2-5-17(18)21(26-20)23-12-13-24-22(27)19-7-4-14-28-19/h2-11,14H,12-13H2,1H3,(H,24,27)(H,23,25,26). The van der Waals surface area contributed by atoms with E-state index >= 15 is 0 Å². The molecule has 0 saturated heterocycles. The predicted molar refractivity (Wildman–Crippen MR) is 115 cm³/mol. The van der Waals surface area contributed by atoms with Crippen LogP contribution in [0.5, 0.6) is 0 Å². The molecule has 0 spiro atoms. The van der Waals surface area contributed by atoms with Gasteiger partial charge in [-0.25, -0.2) is 9.97 Å². The van der Waals surface area contributed by atoms with Crippen molar-refractivity contribution in [2.75, 3.05) is 18.4 Å². The largest absolute Gasteiger partial charge is 0.368 e. The Morgan fingerprint density at radius 1 is 0.964 bits per heavy atom. The van der Waals surface area contributed by atoms with E-state index < -0.39 is 0 Å². The number of rotatable bonds is 6. The highest BCUT2D eigenvalue weighted by Crippen LogP contribution is 2.25. The highest BCUT2D eigenvalue weighted by molar-refractivity contribution is 7.12. The summed E-state index contributed by atoms with van der Waals surface area (Å²) < 4.78 is 0. The number of nitrogens with one attached hydrogen (secondary N) is 2. The molecule has 140 valence electrons. The fourth-order valence-electron chi connectivity index (χ4n) is 2.89. The quantitative estimate of drug-likeness (QED) is 0.477. The molecule has 0 aliphatic heterocycles. The number of para-hydroxylation sites is 1. The Morgan fingerprint density at radius 3 is 2.57 bits per heavy atom. The number of hydrogen-bond donors (Lipinski definition) is 2. The van der Waals surface area contributed by atoms with E-state index in [-0.39, 0.29) is 5.91 Å². The highest BCUT2D eigenvalue weighted by Gasteiger charge is 2.10. The smallest absolute Gasteiger partial charge is 0.261 e. The molecule has 0 radical (unpaired) electrons. The first-order chi connectivity index (χ1) is 13.7. The van der Waals surface area contributed by atoms with Gasteiger partial charge in [0.1, 0.15) is 5.82 Å². The summed E-state index contributed by atoms with van der Waals surface area (Å²) in [6.45, 7) is 3.14. The molecule has 28 heavy (non-hydrogen) atoms. The average molecular weight is 388 g/mol. The zero-order valence-corrected chi connectivity index (χ0v) is 16.3. The van der Waals surface area contributed by atoms with Crippen molar-refractivity contribution in [2.24, 2.45) is 0 Å². The second kappa shape index (κ2) is 8.19. The molecule has 0 fully saturated rings. The van der Waals surface area contributed by atoms with Gasteiger partial charge in [0.25, 0.3) is 5.91 Å². The van der Waals surface area contributed by atoms with Crippen LogP contribution in [0.25, 0.3) is 22.3 Å². The van der Waals surface area contributed by atoms with E-state index in [0.29, 0.717) is 23.8 Å². The van der Waals surface area contributed by atoms with Gasteiger partial charge in [-0.3, -0.25) is 4.79 Å². The second-order valence-corrected chi connectivity index (χ2v) is 7.39. The summed E-state index contributed by atoms with van der Waals surface area (Å²) in [6.07, 6.45) is 0. The van der Waals surface area contributed by atoms with Crippen LogP contribution in [0.15, 0.2) is 66.0 Å². The summed E-state index contributed by atoms with van der Waals surface area (Å²) in [7, 11) is 0. The summed E-state index contributed by atoms with van der Waals surface area (Å²) in [5.41, 5.74) is 3.06. The molecule has 0 unspecified atom stereocenters. The SMILES string of the molecule is Cc1ccc(-c2nc(NCCNC(=O)c3cccs3)c3ccccc3n2)cc1. The maximum atomic E-state index is 12.0. The van der Waals surface area contributed by atoms with Crippen LogP contribution in [-0.2, 0) is 0 Å². The number of aryl methyl sites for hydroxylation is 1. The zero-order chi connectivity index (χ0) is 19.3. The fraction of sp³-hybridized carbons (Fsp3) is 0.136. The lowest BCUT2D eigenvalue weighted by Crippen LogP contribution is -2.28. The van der Waals surface area contributed by atoms with E-state index in [1.807, 2.05) is 53.9 Å². The third-order valence-electron chi connectivity index (χ3n) is 4.36. The Labute approximate surface area is 167 Å². The van der Waals surface area contributed by atoms with Gasteiger partial charge < -0.3 is 10.6 Å². The van der Waals surface area contributed by atoms with Gasteiger partial charge in [0.2, 0.25) is 0 Å². The molecule has 0 bridgehead atoms. The molecular weight excluding hydrogens is 368 g/mol. The number of nitrogens with zero attached hydrogens (tertiary/aromatic N) is 2. The van der Waals surface area contributed by atoms with Crippen molar-refractivity contribution in [3.63, 3.8) is 0 Å². The van der Waals surface area contributed by atoms with E-state index in [9.17, 15) is 4.79 Å². The molecule has 0 saturated carbocycles. The third-order valence-corrected chi connectivity index (χ3v) is 5.23. The number of aromatic nitrogens is 2. The van der Waals surface area contributed by atoms with Crippen molar-refractivity contribution in [2.45, 2.75) is 6.92 Å². The molecule has 1 amide bonds. The van der Waals surface area contributed by atoms with Crippen LogP contribution >= 0.6 is 11.3 Å². The number of amides is 1. The number of anilines is 1. The number of benzene rings is 2. The van der Waals surface area contributed by atoms with Gasteiger partial charge >= 0.3 is 0 Å². The van der Waals surface area contributed by atoms with Crippen LogP contribution < -0.4 is 10.6 Å². The number of carbonyl (C=O) groups excluding carboxylic acids is 1. The van der Waals surface area contributed by atoms with Crippen LogP contribution in [0.2, 0.25) is 0 Å². The lowest BCUT2D eigenvalue weighted by atomic mass is 10.1. The molecule has 2 aromatic carbocycles. The van der Waals surface area contributed by atoms with Crippen molar-refractivity contribution >= 4 is 34.0 Å². The van der Waals surface area contributed by atoms with Gasteiger partial charge in [-0.2, -0.15) is 0 Å². The van der Waals surface area contributed by atoms with Gasteiger partial charge in [0.05, 0.1) is 10.4 Å². The van der Waals surface area contributed by atoms with Gasteiger partial charge in [0, 0.05) is 24.0 Å². The molecule has 2 aromatic heterocycles. The molecule has 5 nitrogen and oxygen atoms in total. The van der Waals surface area contributed by atoms with Crippen molar-refractivity contribution in [1.82, 2.24) is 15.3 Å². The van der Waals surface area contributed by atoms with E-state index in [4.69, 9.17) is 9.97 Å². The lowest BCUT2D eigenvalue weighted by molar-refractivity contribution is 0.0959. The minimum Gasteiger partial charge on any atom is -0.368 e. The second-order valence-electron chi connectivity index (χ2n) is 6.44. The Bertz CT molecular complexity index is 1090. The maximum Gasteiger partial charge on any atom is 0.261 e. The van der Waals surface area contributed by atoms with Crippen molar-refractivity contribution in [1.29, 1.82) is 0 Å². The van der Waals surface area contributed by atoms with Crippen molar-refractivity contribution in [3.8, 4) is 11.4 Å². The summed E-state index contributed by atoms with van der Waals surface area (Å²) in [4.78, 5) is 22.2. The number of thiophene rings is 1. The minimum atomic E-state index is -0.0512. The van der Waals surface area contributed by atoms with Crippen molar-refractivity contribution < 1.29 is 4.79 Å². The first kappa shape index (κ1) is 18.1. The van der Waals surface area contributed by atoms with E-state index in [0.717, 1.165) is 22.3 Å². The Balaban J connectivity index is 1.52. The topological polar surface area (TPSA) is 66.9 Å². The number of fused-ring (bicyclic) bond motifs is 1. The molecule has 0 aliphatic rings. The van der Waals surface area contributed by atoms with E-state index in [1.165, 1.54) is 16.9 Å². The predicted octanol–water partition coefficient (Wildman–Crippen LogP) is 4.51. The summed E-state index contributed by atoms with van der Waals surface area (Å²) in [5, 5.41) is 9.13. The van der Waals surface area contributed by atoms with Crippen LogP contribution in [-0.4, -0.2) is 29.0 Å². The lowest BCUT2D eigenvalue weighted by Gasteiger charge is -2.11. The molecular formula is C22H20N4OS. The highest BCUT2D eigenvalue weighted by atomic mass is 32.1. The first-order valence-corrected chi connectivity index (χ1v) is 9.98. The van der Waals surface area contributed by atoms with Gasteiger partial charge in [0.15, 0.2) is 5.82 Å². The van der Waals surface area contributed by atoms with Crippen LogP contribution in [0, 0.1) is 6.92 Å². The van der Waals surface area contributed by atoms with Gasteiger partial charge in [-0.05, 0) is 30.5 Å². The van der Waals surface area contributed by atoms with Crippen LogP contribution in [0.3, 0.4) is 0 Å². The summed E-state index contributed by atoms with van der Waals surface area (Å²) in [5.74, 6) is 1.40. The molecule has 2 heterocycles. The van der Waals surface area contributed by atoms with Crippen molar-refractivity contribution in [3.05, 3.63) is 76.5 Å². The normalized spacial score (nSPS) is 10.8. The monoisotopic (exact) mass is 388 g/mol. The maximum absolute atomic E-state index is 12.0. The zero-order valence-electron chi connectivity index (χ0n) is 15.5. The Kier molecular flexibility index (Phi) is 5.30. The molecule has 6 heteroatoms. The van der Waals surface area contributed by atoms with Gasteiger partial charge in [-0.15, -0.1) is 11.3 Å².